The number of nitrogens with one attached hydrogen (secondary N) is 2. The van der Waals surface area contributed by atoms with Gasteiger partial charge in [-0.1, -0.05) is 0 Å². The molecule has 0 atom stereocenters. The number of alkyl halides is 3. The predicted octanol–water partition coefficient (Wildman–Crippen LogP) is 3.46. The van der Waals surface area contributed by atoms with Crippen LogP contribution >= 0.6 is 24.0 Å². The van der Waals surface area contributed by atoms with E-state index in [0.29, 0.717) is 32.3 Å². The first-order chi connectivity index (χ1) is 13.5. The van der Waals surface area contributed by atoms with Crippen molar-refractivity contribution in [3.8, 4) is 5.88 Å². The van der Waals surface area contributed by atoms with Gasteiger partial charge in [-0.05, 0) is 24.6 Å². The topological polar surface area (TPSA) is 80.9 Å². The van der Waals surface area contributed by atoms with Crippen molar-refractivity contribution in [3.63, 3.8) is 0 Å². The highest BCUT2D eigenvalue weighted by atomic mass is 127. The maximum Gasteiger partial charge on any atom is 0.417 e. The Morgan fingerprint density at radius 1 is 1.17 bits per heavy atom. The van der Waals surface area contributed by atoms with Crippen LogP contribution < -0.4 is 15.4 Å². The molecule has 29 heavy (non-hydrogen) atoms. The average Bonchev–Trinajstić information content (AvgIpc) is 3.19. The molecular weight excluding hydrogens is 504 g/mol. The minimum absolute atomic E-state index is 0. The number of halogens is 4. The molecule has 0 aromatic carbocycles. The zero-order valence-corrected chi connectivity index (χ0v) is 18.2. The van der Waals surface area contributed by atoms with E-state index >= 15 is 0 Å². The fraction of sp³-hybridized carbons (Fsp3) is 0.444. The van der Waals surface area contributed by atoms with Crippen LogP contribution in [0, 0.1) is 0 Å². The molecule has 11 heteroatoms. The molecule has 2 heterocycles. The first kappa shape index (κ1) is 25.0. The van der Waals surface area contributed by atoms with Crippen molar-refractivity contribution in [2.24, 2.45) is 4.99 Å². The Morgan fingerprint density at radius 3 is 2.59 bits per heavy atom. The van der Waals surface area contributed by atoms with Crippen molar-refractivity contribution in [1.29, 1.82) is 0 Å². The van der Waals surface area contributed by atoms with E-state index in [1.807, 2.05) is 12.1 Å². The molecule has 0 saturated carbocycles. The highest BCUT2D eigenvalue weighted by Gasteiger charge is 2.30. The van der Waals surface area contributed by atoms with Crippen LogP contribution in [0.3, 0.4) is 0 Å². The van der Waals surface area contributed by atoms with Gasteiger partial charge < -0.3 is 24.5 Å². The van der Waals surface area contributed by atoms with E-state index in [2.05, 4.69) is 20.6 Å². The first-order valence-corrected chi connectivity index (χ1v) is 8.69. The lowest BCUT2D eigenvalue weighted by Crippen LogP contribution is -2.39. The number of furan rings is 1. The molecule has 7 nitrogen and oxygen atoms in total. The molecule has 0 saturated heterocycles. The summed E-state index contributed by atoms with van der Waals surface area (Å²) in [5.74, 6) is 1.51. The van der Waals surface area contributed by atoms with Gasteiger partial charge in [0.2, 0.25) is 5.88 Å². The number of nitrogens with zero attached hydrogens (tertiary/aromatic N) is 2. The number of hydrogen-bond donors (Lipinski definition) is 2. The number of aromatic nitrogens is 1. The van der Waals surface area contributed by atoms with Gasteiger partial charge in [0.1, 0.15) is 19.0 Å². The summed E-state index contributed by atoms with van der Waals surface area (Å²) in [4.78, 5) is 7.71. The normalized spacial score (nSPS) is 11.7. The van der Waals surface area contributed by atoms with E-state index in [1.165, 1.54) is 6.07 Å². The summed E-state index contributed by atoms with van der Waals surface area (Å²) in [6.45, 7) is 2.32. The molecule has 0 fully saturated rings. The van der Waals surface area contributed by atoms with Gasteiger partial charge in [-0.25, -0.2) is 4.98 Å². The molecule has 162 valence electrons. The molecule has 2 N–H and O–H groups in total. The zero-order chi connectivity index (χ0) is 20.2. The molecule has 0 aliphatic carbocycles. The number of aliphatic imine (C=N–C) groups is 1. The molecule has 0 unspecified atom stereocenters. The van der Waals surface area contributed by atoms with Crippen LogP contribution in [0.1, 0.15) is 17.7 Å². The van der Waals surface area contributed by atoms with E-state index in [1.54, 1.807) is 13.3 Å². The van der Waals surface area contributed by atoms with Crippen molar-refractivity contribution in [3.05, 3.63) is 48.0 Å². The Balaban J connectivity index is 0.00000420. The number of hydrogen-bond acceptors (Lipinski definition) is 5. The Morgan fingerprint density at radius 2 is 1.97 bits per heavy atom. The molecule has 0 spiro atoms. The van der Waals surface area contributed by atoms with Crippen molar-refractivity contribution in [2.45, 2.75) is 19.2 Å². The lowest BCUT2D eigenvalue weighted by atomic mass is 10.3. The Labute approximate surface area is 184 Å². The van der Waals surface area contributed by atoms with Crippen LogP contribution in [-0.4, -0.2) is 44.3 Å². The van der Waals surface area contributed by atoms with Crippen molar-refractivity contribution in [2.75, 3.05) is 33.4 Å². The van der Waals surface area contributed by atoms with Crippen LogP contribution in [0.2, 0.25) is 0 Å². The summed E-state index contributed by atoms with van der Waals surface area (Å²) in [7, 11) is 1.64. The number of rotatable bonds is 10. The minimum Gasteiger partial charge on any atom is -0.476 e. The summed E-state index contributed by atoms with van der Waals surface area (Å²) in [5, 5.41) is 6.16. The SMILES string of the molecule is CN=C(NCCCOCc1ccco1)NCCOc1ccc(C(F)(F)F)cn1.I. The average molecular weight is 528 g/mol. The monoisotopic (exact) mass is 528 g/mol. The van der Waals surface area contributed by atoms with Crippen LogP contribution in [0.5, 0.6) is 5.88 Å². The van der Waals surface area contributed by atoms with Crippen LogP contribution in [0.25, 0.3) is 0 Å². The third kappa shape index (κ3) is 9.83. The van der Waals surface area contributed by atoms with E-state index in [0.717, 1.165) is 24.4 Å². The summed E-state index contributed by atoms with van der Waals surface area (Å²) >= 11 is 0. The molecule has 2 aromatic rings. The second-order valence-corrected chi connectivity index (χ2v) is 5.64. The second kappa shape index (κ2) is 13.2. The Bertz CT molecular complexity index is 710. The van der Waals surface area contributed by atoms with Gasteiger partial charge in [0, 0.05) is 32.5 Å². The molecule has 0 bridgehead atoms. The third-order valence-corrected chi connectivity index (χ3v) is 3.51. The van der Waals surface area contributed by atoms with E-state index in [-0.39, 0.29) is 36.5 Å². The van der Waals surface area contributed by atoms with E-state index in [4.69, 9.17) is 13.9 Å². The van der Waals surface area contributed by atoms with Gasteiger partial charge in [0.05, 0.1) is 18.4 Å². The second-order valence-electron chi connectivity index (χ2n) is 5.64. The van der Waals surface area contributed by atoms with Gasteiger partial charge in [0.15, 0.2) is 5.96 Å². The molecule has 2 aromatic heterocycles. The lowest BCUT2D eigenvalue weighted by molar-refractivity contribution is -0.137. The molecule has 0 radical (unpaired) electrons. The van der Waals surface area contributed by atoms with Crippen LogP contribution in [-0.2, 0) is 17.5 Å². The van der Waals surface area contributed by atoms with E-state index < -0.39 is 11.7 Å². The van der Waals surface area contributed by atoms with Gasteiger partial charge in [-0.15, -0.1) is 24.0 Å². The Kier molecular flexibility index (Phi) is 11.4. The van der Waals surface area contributed by atoms with Crippen molar-refractivity contribution in [1.82, 2.24) is 15.6 Å². The van der Waals surface area contributed by atoms with E-state index in [9.17, 15) is 13.2 Å². The highest BCUT2D eigenvalue weighted by Crippen LogP contribution is 2.29. The minimum atomic E-state index is -4.41. The standard InChI is InChI=1S/C18H23F3N4O3.HI/c1-22-17(23-7-3-9-26-13-15-4-2-10-27-15)24-8-11-28-16-6-5-14(12-25-16)18(19,20)21;/h2,4-6,10,12H,3,7-9,11,13H2,1H3,(H2,22,23,24);1H. The number of ether oxygens (including phenoxy) is 2. The quantitative estimate of drug-likeness (QED) is 0.213. The smallest absolute Gasteiger partial charge is 0.417 e. The maximum atomic E-state index is 12.5. The number of pyridine rings is 1. The third-order valence-electron chi connectivity index (χ3n) is 3.51. The predicted molar refractivity (Wildman–Crippen MR) is 112 cm³/mol. The Hall–Kier alpha value is -2.02. The summed E-state index contributed by atoms with van der Waals surface area (Å²) < 4.78 is 53.4. The van der Waals surface area contributed by atoms with Gasteiger partial charge >= 0.3 is 6.18 Å². The van der Waals surface area contributed by atoms with Crippen LogP contribution in [0.15, 0.2) is 46.1 Å². The zero-order valence-electron chi connectivity index (χ0n) is 15.9. The molecule has 0 aliphatic rings. The van der Waals surface area contributed by atoms with Crippen LogP contribution in [0.4, 0.5) is 13.2 Å². The molecule has 0 amide bonds. The van der Waals surface area contributed by atoms with Crippen molar-refractivity contribution < 1.29 is 27.1 Å². The molecule has 2 rings (SSSR count). The summed E-state index contributed by atoms with van der Waals surface area (Å²) in [6.07, 6.45) is -1.27. The molecule has 0 aliphatic heterocycles. The largest absolute Gasteiger partial charge is 0.476 e. The fourth-order valence-corrected chi connectivity index (χ4v) is 2.13. The fourth-order valence-electron chi connectivity index (χ4n) is 2.13. The maximum absolute atomic E-state index is 12.5. The highest BCUT2D eigenvalue weighted by molar-refractivity contribution is 14.0. The first-order valence-electron chi connectivity index (χ1n) is 8.69. The van der Waals surface area contributed by atoms with Gasteiger partial charge in [-0.3, -0.25) is 4.99 Å². The molecular formula is C18H24F3IN4O3. The summed E-state index contributed by atoms with van der Waals surface area (Å²) in [6, 6.07) is 5.79. The van der Waals surface area contributed by atoms with Crippen molar-refractivity contribution >= 4 is 29.9 Å². The lowest BCUT2D eigenvalue weighted by Gasteiger charge is -2.12. The van der Waals surface area contributed by atoms with Gasteiger partial charge in [-0.2, -0.15) is 13.2 Å². The number of guanidine groups is 1. The summed E-state index contributed by atoms with van der Waals surface area (Å²) in [5.41, 5.74) is -0.810. The van der Waals surface area contributed by atoms with Gasteiger partial charge in [0.25, 0.3) is 0 Å².